The molecule has 1 aromatic heterocycles. The predicted octanol–water partition coefficient (Wildman–Crippen LogP) is 0.270. The molecule has 2 N–H and O–H groups in total. The van der Waals surface area contributed by atoms with Crippen LogP contribution in [0, 0.1) is 6.92 Å². The van der Waals surface area contributed by atoms with Gasteiger partial charge in [0.2, 0.25) is 5.91 Å². The molecule has 0 fully saturated rings. The summed E-state index contributed by atoms with van der Waals surface area (Å²) < 4.78 is 0. The molecular weight excluding hydrogens is 222 g/mol. The maximum atomic E-state index is 11.2. The molecule has 1 rings (SSSR count). The quantitative estimate of drug-likeness (QED) is 0.785. The van der Waals surface area contributed by atoms with Crippen molar-refractivity contribution in [2.75, 3.05) is 25.5 Å². The van der Waals surface area contributed by atoms with E-state index in [0.717, 1.165) is 0 Å². The number of aromatic nitrogens is 1. The first-order chi connectivity index (χ1) is 7.93. The van der Waals surface area contributed by atoms with Gasteiger partial charge in [0.05, 0.1) is 12.1 Å². The Morgan fingerprint density at radius 3 is 2.65 bits per heavy atom. The summed E-state index contributed by atoms with van der Waals surface area (Å²) in [5, 5.41) is 11.4. The van der Waals surface area contributed by atoms with Crippen LogP contribution in [0.3, 0.4) is 0 Å². The van der Waals surface area contributed by atoms with Gasteiger partial charge in [-0.1, -0.05) is 0 Å². The highest BCUT2D eigenvalue weighted by Crippen LogP contribution is 2.13. The van der Waals surface area contributed by atoms with Gasteiger partial charge < -0.3 is 15.3 Å². The van der Waals surface area contributed by atoms with E-state index in [1.807, 2.05) is 0 Å². The first kappa shape index (κ1) is 13.0. The Balaban J connectivity index is 2.97. The fourth-order valence-corrected chi connectivity index (χ4v) is 1.35. The maximum absolute atomic E-state index is 11.2. The second-order valence-electron chi connectivity index (χ2n) is 3.69. The summed E-state index contributed by atoms with van der Waals surface area (Å²) in [6.07, 6.45) is 0. The predicted molar refractivity (Wildman–Crippen MR) is 63.3 cm³/mol. The van der Waals surface area contributed by atoms with Gasteiger partial charge in [0.15, 0.2) is 0 Å². The first-order valence-electron chi connectivity index (χ1n) is 5.07. The van der Waals surface area contributed by atoms with Crippen molar-refractivity contribution in [3.05, 3.63) is 23.4 Å². The number of rotatable bonds is 4. The van der Waals surface area contributed by atoms with Crippen LogP contribution in [-0.2, 0) is 4.79 Å². The number of carbonyl (C=O) groups excluding carboxylic acids is 1. The standard InChI is InChI=1S/C11H15N3O3/c1-7-4-8(11(16)17)5-9(13-7)14(3)6-10(15)12-2/h4-5H,6H2,1-3H3,(H,12,15)(H,16,17). The number of pyridine rings is 1. The van der Waals surface area contributed by atoms with Gasteiger partial charge in [-0.05, 0) is 19.1 Å². The van der Waals surface area contributed by atoms with Crippen LogP contribution in [0.2, 0.25) is 0 Å². The van der Waals surface area contributed by atoms with Gasteiger partial charge in [0.1, 0.15) is 5.82 Å². The molecule has 0 radical (unpaired) electrons. The molecule has 92 valence electrons. The molecule has 17 heavy (non-hydrogen) atoms. The molecule has 1 heterocycles. The highest BCUT2D eigenvalue weighted by Gasteiger charge is 2.11. The topological polar surface area (TPSA) is 82.5 Å². The van der Waals surface area contributed by atoms with Crippen LogP contribution in [-0.4, -0.2) is 42.6 Å². The van der Waals surface area contributed by atoms with E-state index in [-0.39, 0.29) is 18.0 Å². The summed E-state index contributed by atoms with van der Waals surface area (Å²) in [6, 6.07) is 2.93. The highest BCUT2D eigenvalue weighted by atomic mass is 16.4. The van der Waals surface area contributed by atoms with Crippen molar-refractivity contribution in [1.29, 1.82) is 0 Å². The van der Waals surface area contributed by atoms with Crippen LogP contribution in [0.15, 0.2) is 12.1 Å². The number of nitrogens with one attached hydrogen (secondary N) is 1. The molecule has 1 aromatic rings. The number of anilines is 1. The largest absolute Gasteiger partial charge is 0.478 e. The molecule has 0 unspecified atom stereocenters. The third kappa shape index (κ3) is 3.44. The number of amides is 1. The number of likely N-dealkylation sites (N-methyl/N-ethyl adjacent to an activating group) is 2. The Labute approximate surface area is 99.3 Å². The van der Waals surface area contributed by atoms with Gasteiger partial charge in [0, 0.05) is 19.8 Å². The number of hydrogen-bond acceptors (Lipinski definition) is 4. The normalized spacial score (nSPS) is 9.82. The van der Waals surface area contributed by atoms with Gasteiger partial charge in [-0.25, -0.2) is 9.78 Å². The summed E-state index contributed by atoms with van der Waals surface area (Å²) in [7, 11) is 3.23. The molecule has 0 aromatic carbocycles. The van der Waals surface area contributed by atoms with E-state index in [1.165, 1.54) is 12.1 Å². The average molecular weight is 237 g/mol. The van der Waals surface area contributed by atoms with Crippen molar-refractivity contribution < 1.29 is 14.7 Å². The monoisotopic (exact) mass is 237 g/mol. The van der Waals surface area contributed by atoms with Crippen molar-refractivity contribution in [3.63, 3.8) is 0 Å². The molecule has 0 spiro atoms. The van der Waals surface area contributed by atoms with Crippen LogP contribution in [0.4, 0.5) is 5.82 Å². The SMILES string of the molecule is CNC(=O)CN(C)c1cc(C(=O)O)cc(C)n1. The summed E-state index contributed by atoms with van der Waals surface area (Å²) in [5.41, 5.74) is 0.764. The molecular formula is C11H15N3O3. The Kier molecular flexibility index (Phi) is 4.03. The van der Waals surface area contributed by atoms with E-state index >= 15 is 0 Å². The lowest BCUT2D eigenvalue weighted by Gasteiger charge is -2.17. The van der Waals surface area contributed by atoms with Crippen LogP contribution in [0.5, 0.6) is 0 Å². The van der Waals surface area contributed by atoms with Crippen LogP contribution >= 0.6 is 0 Å². The highest BCUT2D eigenvalue weighted by molar-refractivity contribution is 5.89. The van der Waals surface area contributed by atoms with Gasteiger partial charge in [0.25, 0.3) is 0 Å². The Bertz CT molecular complexity index is 446. The summed E-state index contributed by atoms with van der Waals surface area (Å²) in [5.74, 6) is -0.705. The third-order valence-corrected chi connectivity index (χ3v) is 2.24. The van der Waals surface area contributed by atoms with Crippen LogP contribution in [0.1, 0.15) is 16.1 Å². The smallest absolute Gasteiger partial charge is 0.335 e. The molecule has 0 aliphatic carbocycles. The van der Waals surface area contributed by atoms with E-state index in [0.29, 0.717) is 11.5 Å². The van der Waals surface area contributed by atoms with Crippen molar-refractivity contribution in [1.82, 2.24) is 10.3 Å². The van der Waals surface area contributed by atoms with Crippen LogP contribution in [0.25, 0.3) is 0 Å². The average Bonchev–Trinajstić information content (AvgIpc) is 2.27. The Hall–Kier alpha value is -2.11. The zero-order valence-electron chi connectivity index (χ0n) is 10.0. The van der Waals surface area contributed by atoms with Crippen molar-refractivity contribution in [2.24, 2.45) is 0 Å². The second kappa shape index (κ2) is 5.29. The Morgan fingerprint density at radius 2 is 2.12 bits per heavy atom. The minimum absolute atomic E-state index is 0.131. The number of carboxylic acid groups (broad SMARTS) is 1. The van der Waals surface area contributed by atoms with E-state index in [2.05, 4.69) is 10.3 Å². The molecule has 0 saturated heterocycles. The molecule has 0 aliphatic heterocycles. The molecule has 1 amide bonds. The van der Waals surface area contributed by atoms with Crippen molar-refractivity contribution in [2.45, 2.75) is 6.92 Å². The second-order valence-corrected chi connectivity index (χ2v) is 3.69. The minimum atomic E-state index is -1.01. The summed E-state index contributed by atoms with van der Waals surface area (Å²) in [6.45, 7) is 1.84. The fraction of sp³-hybridized carbons (Fsp3) is 0.364. The lowest BCUT2D eigenvalue weighted by Crippen LogP contribution is -2.33. The van der Waals surface area contributed by atoms with Crippen molar-refractivity contribution in [3.8, 4) is 0 Å². The zero-order valence-corrected chi connectivity index (χ0v) is 10.0. The van der Waals surface area contributed by atoms with Crippen molar-refractivity contribution >= 4 is 17.7 Å². The number of aromatic carboxylic acids is 1. The Morgan fingerprint density at radius 1 is 1.47 bits per heavy atom. The van der Waals surface area contributed by atoms with E-state index in [9.17, 15) is 9.59 Å². The molecule has 0 bridgehead atoms. The minimum Gasteiger partial charge on any atom is -0.478 e. The number of hydrogen-bond donors (Lipinski definition) is 2. The molecule has 0 aliphatic rings. The van der Waals surface area contributed by atoms with E-state index < -0.39 is 5.97 Å². The first-order valence-corrected chi connectivity index (χ1v) is 5.07. The fourth-order valence-electron chi connectivity index (χ4n) is 1.35. The number of aryl methyl sites for hydroxylation is 1. The lowest BCUT2D eigenvalue weighted by atomic mass is 10.2. The van der Waals surface area contributed by atoms with Gasteiger partial charge in [-0.3, -0.25) is 4.79 Å². The lowest BCUT2D eigenvalue weighted by molar-refractivity contribution is -0.119. The number of carbonyl (C=O) groups is 2. The van der Waals surface area contributed by atoms with Gasteiger partial charge in [-0.2, -0.15) is 0 Å². The van der Waals surface area contributed by atoms with Crippen LogP contribution < -0.4 is 10.2 Å². The molecule has 0 saturated carbocycles. The number of carboxylic acids is 1. The summed E-state index contributed by atoms with van der Waals surface area (Å²) >= 11 is 0. The molecule has 0 atom stereocenters. The zero-order chi connectivity index (χ0) is 13.0. The van der Waals surface area contributed by atoms with E-state index in [4.69, 9.17) is 5.11 Å². The number of nitrogens with zero attached hydrogens (tertiary/aromatic N) is 2. The van der Waals surface area contributed by atoms with E-state index in [1.54, 1.807) is 25.9 Å². The maximum Gasteiger partial charge on any atom is 0.335 e. The van der Waals surface area contributed by atoms with Gasteiger partial charge in [-0.15, -0.1) is 0 Å². The third-order valence-electron chi connectivity index (χ3n) is 2.24. The molecule has 6 heteroatoms. The molecule has 6 nitrogen and oxygen atoms in total. The summed E-state index contributed by atoms with van der Waals surface area (Å²) in [4.78, 5) is 27.9. The van der Waals surface area contributed by atoms with Gasteiger partial charge >= 0.3 is 5.97 Å².